The first kappa shape index (κ1) is 13.4. The maximum Gasteiger partial charge on any atom is 0.317 e. The molecule has 9 heteroatoms. The lowest BCUT2D eigenvalue weighted by Gasteiger charge is -2.04. The quantitative estimate of drug-likeness (QED) is 0.725. The molecule has 0 unspecified atom stereocenters. The minimum absolute atomic E-state index is 0.00846. The fourth-order valence-corrected chi connectivity index (χ4v) is 1.75. The van der Waals surface area contributed by atoms with Gasteiger partial charge in [-0.25, -0.2) is 0 Å². The van der Waals surface area contributed by atoms with E-state index in [0.717, 1.165) is 4.47 Å². The second kappa shape index (κ2) is 5.31. The number of carbonyl (C=O) groups excluding carboxylic acids is 2. The summed E-state index contributed by atoms with van der Waals surface area (Å²) in [6.07, 6.45) is -3.20. The number of halogens is 3. The molecule has 0 saturated carbocycles. The minimum Gasteiger partial charge on any atom is -0.277 e. The third-order valence-electron chi connectivity index (χ3n) is 2.24. The van der Waals surface area contributed by atoms with Gasteiger partial charge in [-0.15, -0.1) is 0 Å². The van der Waals surface area contributed by atoms with Gasteiger partial charge in [-0.3, -0.25) is 25.5 Å². The molecule has 1 aromatic carbocycles. The van der Waals surface area contributed by atoms with Gasteiger partial charge in [0.2, 0.25) is 0 Å². The van der Waals surface area contributed by atoms with Gasteiger partial charge >= 0.3 is 12.3 Å². The SMILES string of the molecule is O=C(NNC(=O)C(F)F)c1n[nH]c2ccc(Br)cc12. The number of rotatable bonds is 2. The molecule has 19 heavy (non-hydrogen) atoms. The molecule has 100 valence electrons. The van der Waals surface area contributed by atoms with Crippen molar-refractivity contribution in [2.24, 2.45) is 0 Å². The number of nitrogens with one attached hydrogen (secondary N) is 3. The lowest BCUT2D eigenvalue weighted by molar-refractivity contribution is -0.132. The number of hydrogen-bond donors (Lipinski definition) is 3. The smallest absolute Gasteiger partial charge is 0.277 e. The Morgan fingerprint density at radius 1 is 1.32 bits per heavy atom. The summed E-state index contributed by atoms with van der Waals surface area (Å²) >= 11 is 3.24. The highest BCUT2D eigenvalue weighted by Gasteiger charge is 2.18. The molecule has 0 atom stereocenters. The highest BCUT2D eigenvalue weighted by Crippen LogP contribution is 2.20. The van der Waals surface area contributed by atoms with Crippen molar-refractivity contribution >= 4 is 38.6 Å². The van der Waals surface area contributed by atoms with Gasteiger partial charge < -0.3 is 0 Å². The Morgan fingerprint density at radius 3 is 2.74 bits per heavy atom. The zero-order valence-electron chi connectivity index (χ0n) is 9.21. The fraction of sp³-hybridized carbons (Fsp3) is 0.100. The molecule has 0 aliphatic rings. The molecule has 0 saturated heterocycles. The van der Waals surface area contributed by atoms with E-state index in [1.807, 2.05) is 5.43 Å². The van der Waals surface area contributed by atoms with Crippen LogP contribution in [-0.2, 0) is 4.79 Å². The Morgan fingerprint density at radius 2 is 2.05 bits per heavy atom. The Hall–Kier alpha value is -2.03. The van der Waals surface area contributed by atoms with E-state index >= 15 is 0 Å². The number of aromatic nitrogens is 2. The van der Waals surface area contributed by atoms with Gasteiger partial charge in [-0.1, -0.05) is 15.9 Å². The first-order valence-corrected chi connectivity index (χ1v) is 5.80. The van der Waals surface area contributed by atoms with Crippen molar-refractivity contribution in [2.75, 3.05) is 0 Å². The number of amides is 2. The van der Waals surface area contributed by atoms with Crippen LogP contribution in [0.15, 0.2) is 22.7 Å². The molecule has 6 nitrogen and oxygen atoms in total. The van der Waals surface area contributed by atoms with Crippen LogP contribution in [0, 0.1) is 0 Å². The van der Waals surface area contributed by atoms with Crippen LogP contribution in [0.1, 0.15) is 10.5 Å². The highest BCUT2D eigenvalue weighted by molar-refractivity contribution is 9.10. The zero-order chi connectivity index (χ0) is 14.0. The second-order valence-electron chi connectivity index (χ2n) is 3.51. The lowest BCUT2D eigenvalue weighted by atomic mass is 10.2. The maximum absolute atomic E-state index is 11.9. The van der Waals surface area contributed by atoms with Crippen LogP contribution in [0.5, 0.6) is 0 Å². The van der Waals surface area contributed by atoms with Crippen LogP contribution in [0.25, 0.3) is 10.9 Å². The molecule has 0 aliphatic heterocycles. The number of benzene rings is 1. The third-order valence-corrected chi connectivity index (χ3v) is 2.73. The van der Waals surface area contributed by atoms with E-state index in [4.69, 9.17) is 0 Å². The van der Waals surface area contributed by atoms with Crippen molar-refractivity contribution in [3.05, 3.63) is 28.4 Å². The lowest BCUT2D eigenvalue weighted by Crippen LogP contribution is -2.44. The summed E-state index contributed by atoms with van der Waals surface area (Å²) in [5.74, 6) is -2.38. The summed E-state index contributed by atoms with van der Waals surface area (Å²) in [5.41, 5.74) is 4.05. The predicted octanol–water partition coefficient (Wildman–Crippen LogP) is 1.35. The molecule has 2 aromatic rings. The van der Waals surface area contributed by atoms with Gasteiger partial charge in [0.25, 0.3) is 5.91 Å². The van der Waals surface area contributed by atoms with E-state index in [1.54, 1.807) is 23.6 Å². The van der Waals surface area contributed by atoms with Crippen LogP contribution in [-0.4, -0.2) is 28.4 Å². The number of fused-ring (bicyclic) bond motifs is 1. The average molecular weight is 333 g/mol. The van der Waals surface area contributed by atoms with E-state index in [-0.39, 0.29) is 5.69 Å². The van der Waals surface area contributed by atoms with E-state index in [9.17, 15) is 18.4 Å². The number of aromatic amines is 1. The van der Waals surface area contributed by atoms with E-state index in [1.165, 1.54) is 0 Å². The Bertz CT molecular complexity index is 643. The first-order chi connectivity index (χ1) is 8.99. The number of H-pyrrole nitrogens is 1. The van der Waals surface area contributed by atoms with Crippen molar-refractivity contribution < 1.29 is 18.4 Å². The second-order valence-corrected chi connectivity index (χ2v) is 4.42. The minimum atomic E-state index is -3.20. The number of hydrogen-bond acceptors (Lipinski definition) is 3. The number of carbonyl (C=O) groups is 2. The molecular formula is C10H7BrF2N4O2. The molecule has 0 fully saturated rings. The maximum atomic E-state index is 11.9. The van der Waals surface area contributed by atoms with Crippen molar-refractivity contribution in [2.45, 2.75) is 6.43 Å². The number of alkyl halides is 2. The van der Waals surface area contributed by atoms with E-state index in [2.05, 4.69) is 26.1 Å². The largest absolute Gasteiger partial charge is 0.317 e. The summed E-state index contributed by atoms with van der Waals surface area (Å²) in [6, 6.07) is 5.09. The summed E-state index contributed by atoms with van der Waals surface area (Å²) in [7, 11) is 0. The third kappa shape index (κ3) is 2.87. The number of hydrazine groups is 1. The molecule has 2 amide bonds. The standard InChI is InChI=1S/C10H7BrF2N4O2/c11-4-1-2-6-5(3-4)7(15-14-6)9(18)16-17-10(19)8(12)13/h1-3,8H,(H,14,15)(H,16,18)(H,17,19). The van der Waals surface area contributed by atoms with Gasteiger partial charge in [0, 0.05) is 9.86 Å². The van der Waals surface area contributed by atoms with Crippen molar-refractivity contribution in [1.82, 2.24) is 21.0 Å². The topological polar surface area (TPSA) is 86.9 Å². The van der Waals surface area contributed by atoms with Crippen molar-refractivity contribution in [3.63, 3.8) is 0 Å². The average Bonchev–Trinajstić information content (AvgIpc) is 2.78. The summed E-state index contributed by atoms with van der Waals surface area (Å²) in [6.45, 7) is 0. The van der Waals surface area contributed by atoms with Crippen LogP contribution in [0.3, 0.4) is 0 Å². The molecule has 2 rings (SSSR count). The molecule has 0 bridgehead atoms. The Balaban J connectivity index is 2.18. The van der Waals surface area contributed by atoms with Crippen LogP contribution in [0.2, 0.25) is 0 Å². The first-order valence-electron chi connectivity index (χ1n) is 5.01. The normalized spacial score (nSPS) is 10.7. The van der Waals surface area contributed by atoms with Gasteiger partial charge in [0.1, 0.15) is 0 Å². The highest BCUT2D eigenvalue weighted by atomic mass is 79.9. The molecule has 1 heterocycles. The van der Waals surface area contributed by atoms with E-state index < -0.39 is 18.2 Å². The van der Waals surface area contributed by atoms with Gasteiger partial charge in [-0.05, 0) is 18.2 Å². The fourth-order valence-electron chi connectivity index (χ4n) is 1.39. The van der Waals surface area contributed by atoms with Gasteiger partial charge in [0.15, 0.2) is 5.69 Å². The molecule has 0 spiro atoms. The van der Waals surface area contributed by atoms with Crippen molar-refractivity contribution in [1.29, 1.82) is 0 Å². The van der Waals surface area contributed by atoms with E-state index in [0.29, 0.717) is 10.9 Å². The van der Waals surface area contributed by atoms with Crippen LogP contribution in [0.4, 0.5) is 8.78 Å². The summed E-state index contributed by atoms with van der Waals surface area (Å²) in [5, 5.41) is 6.87. The molecular weight excluding hydrogens is 326 g/mol. The zero-order valence-corrected chi connectivity index (χ0v) is 10.8. The molecule has 0 aliphatic carbocycles. The van der Waals surface area contributed by atoms with Gasteiger partial charge in [-0.2, -0.15) is 13.9 Å². The van der Waals surface area contributed by atoms with Crippen LogP contribution >= 0.6 is 15.9 Å². The monoisotopic (exact) mass is 332 g/mol. The van der Waals surface area contributed by atoms with Crippen LogP contribution < -0.4 is 10.9 Å². The molecule has 1 aromatic heterocycles. The summed E-state index contributed by atoms with van der Waals surface area (Å²) < 4.78 is 24.6. The van der Waals surface area contributed by atoms with Crippen molar-refractivity contribution in [3.8, 4) is 0 Å². The summed E-state index contributed by atoms with van der Waals surface area (Å²) in [4.78, 5) is 22.3. The molecule has 0 radical (unpaired) electrons. The predicted molar refractivity (Wildman–Crippen MR) is 65.4 cm³/mol. The Labute approximate surface area is 113 Å². The number of nitrogens with zero attached hydrogens (tertiary/aromatic N) is 1. The van der Waals surface area contributed by atoms with Gasteiger partial charge in [0.05, 0.1) is 5.52 Å². The molecule has 3 N–H and O–H groups in total. The Kier molecular flexibility index (Phi) is 3.74.